The maximum atomic E-state index is 12.2. The summed E-state index contributed by atoms with van der Waals surface area (Å²) in [4.78, 5) is 14.2. The van der Waals surface area contributed by atoms with Gasteiger partial charge in [-0.05, 0) is 37.3 Å². The molecule has 1 heterocycles. The van der Waals surface area contributed by atoms with Crippen molar-refractivity contribution in [1.82, 2.24) is 4.90 Å². The second-order valence-corrected chi connectivity index (χ2v) is 5.23. The van der Waals surface area contributed by atoms with Crippen LogP contribution in [0.1, 0.15) is 50.3 Å². The zero-order chi connectivity index (χ0) is 13.8. The van der Waals surface area contributed by atoms with Crippen molar-refractivity contribution in [3.8, 4) is 0 Å². The number of aryl methyl sites for hydroxylation is 1. The fourth-order valence-electron chi connectivity index (χ4n) is 3.09. The van der Waals surface area contributed by atoms with Crippen molar-refractivity contribution in [2.75, 3.05) is 6.54 Å². The molecule has 0 saturated carbocycles. The third kappa shape index (κ3) is 2.81. The van der Waals surface area contributed by atoms with Crippen molar-refractivity contribution in [2.24, 2.45) is 5.73 Å². The van der Waals surface area contributed by atoms with Gasteiger partial charge in [-0.2, -0.15) is 0 Å². The van der Waals surface area contributed by atoms with Gasteiger partial charge < -0.3 is 10.6 Å². The van der Waals surface area contributed by atoms with Crippen LogP contribution in [0.4, 0.5) is 0 Å². The molecule has 2 atom stereocenters. The summed E-state index contributed by atoms with van der Waals surface area (Å²) in [5.41, 5.74) is 8.90. The lowest BCUT2D eigenvalue weighted by Crippen LogP contribution is -2.42. The monoisotopic (exact) mass is 260 g/mol. The van der Waals surface area contributed by atoms with Crippen LogP contribution in [-0.2, 0) is 11.2 Å². The summed E-state index contributed by atoms with van der Waals surface area (Å²) in [6, 6.07) is 8.46. The Balaban J connectivity index is 2.44. The van der Waals surface area contributed by atoms with Crippen molar-refractivity contribution in [3.63, 3.8) is 0 Å². The van der Waals surface area contributed by atoms with Crippen LogP contribution >= 0.6 is 0 Å². The number of benzene rings is 1. The normalized spacial score (nSPS) is 24.4. The van der Waals surface area contributed by atoms with Gasteiger partial charge in [0.1, 0.15) is 0 Å². The van der Waals surface area contributed by atoms with E-state index < -0.39 is 0 Å². The Hall–Kier alpha value is -1.35. The highest BCUT2D eigenvalue weighted by molar-refractivity contribution is 5.77. The lowest BCUT2D eigenvalue weighted by molar-refractivity contribution is -0.133. The van der Waals surface area contributed by atoms with Crippen LogP contribution in [0.2, 0.25) is 0 Å². The Bertz CT molecular complexity index is 444. The first-order valence-corrected chi connectivity index (χ1v) is 7.31. The molecule has 19 heavy (non-hydrogen) atoms. The van der Waals surface area contributed by atoms with Gasteiger partial charge in [0, 0.05) is 19.0 Å². The average molecular weight is 260 g/mol. The minimum atomic E-state index is 0.0381. The van der Waals surface area contributed by atoms with Gasteiger partial charge in [-0.3, -0.25) is 4.79 Å². The number of likely N-dealkylation sites (N-methyl/N-ethyl adjacent to an activating group) is 1. The number of nitrogens with two attached hydrogens (primary N) is 1. The molecule has 1 saturated heterocycles. The van der Waals surface area contributed by atoms with Crippen LogP contribution in [-0.4, -0.2) is 23.4 Å². The first-order valence-electron chi connectivity index (χ1n) is 7.31. The molecule has 1 aromatic rings. The molecule has 0 radical (unpaired) electrons. The summed E-state index contributed by atoms with van der Waals surface area (Å²) < 4.78 is 0. The van der Waals surface area contributed by atoms with Crippen molar-refractivity contribution >= 4 is 5.91 Å². The predicted octanol–water partition coefficient (Wildman–Crippen LogP) is 2.65. The summed E-state index contributed by atoms with van der Waals surface area (Å²) in [5.74, 6) is 0.242. The zero-order valence-electron chi connectivity index (χ0n) is 11.9. The molecule has 1 fully saturated rings. The van der Waals surface area contributed by atoms with Crippen LogP contribution in [0.5, 0.6) is 0 Å². The van der Waals surface area contributed by atoms with Gasteiger partial charge in [-0.1, -0.05) is 31.2 Å². The van der Waals surface area contributed by atoms with Crippen LogP contribution in [0, 0.1) is 0 Å². The maximum Gasteiger partial charge on any atom is 0.223 e. The van der Waals surface area contributed by atoms with Crippen LogP contribution in [0.25, 0.3) is 0 Å². The molecular weight excluding hydrogens is 236 g/mol. The smallest absolute Gasteiger partial charge is 0.223 e. The van der Waals surface area contributed by atoms with Crippen molar-refractivity contribution in [2.45, 2.75) is 51.6 Å². The van der Waals surface area contributed by atoms with Crippen molar-refractivity contribution < 1.29 is 4.79 Å². The van der Waals surface area contributed by atoms with Crippen LogP contribution in [0.15, 0.2) is 24.3 Å². The molecule has 2 rings (SSSR count). The number of carbonyl (C=O) groups excluding carboxylic acids is 1. The van der Waals surface area contributed by atoms with E-state index in [-0.39, 0.29) is 18.0 Å². The molecule has 1 aliphatic rings. The summed E-state index contributed by atoms with van der Waals surface area (Å²) in [6.45, 7) is 4.92. The fraction of sp³-hybridized carbons (Fsp3) is 0.562. The number of hydrogen-bond acceptors (Lipinski definition) is 2. The molecule has 0 aliphatic carbocycles. The van der Waals surface area contributed by atoms with E-state index >= 15 is 0 Å². The van der Waals surface area contributed by atoms with Crippen molar-refractivity contribution in [3.05, 3.63) is 35.4 Å². The molecule has 3 heteroatoms. The molecule has 104 valence electrons. The van der Waals surface area contributed by atoms with E-state index in [4.69, 9.17) is 5.73 Å². The number of likely N-dealkylation sites (tertiary alicyclic amines) is 1. The number of hydrogen-bond donors (Lipinski definition) is 1. The highest BCUT2D eigenvalue weighted by atomic mass is 16.2. The quantitative estimate of drug-likeness (QED) is 0.908. The van der Waals surface area contributed by atoms with E-state index in [1.165, 1.54) is 11.1 Å². The van der Waals surface area contributed by atoms with Gasteiger partial charge >= 0.3 is 0 Å². The molecule has 3 nitrogen and oxygen atoms in total. The molecule has 1 amide bonds. The van der Waals surface area contributed by atoms with E-state index in [9.17, 15) is 4.79 Å². The number of carbonyl (C=O) groups is 1. The minimum absolute atomic E-state index is 0.0381. The highest BCUT2D eigenvalue weighted by Crippen LogP contribution is 2.32. The summed E-state index contributed by atoms with van der Waals surface area (Å²) in [5, 5.41) is 0. The SMILES string of the molecule is CCc1ccccc1C1C(N)CCCC(=O)N1CC. The standard InChI is InChI=1S/C16H24N2O/c1-3-12-8-5-6-9-13(12)16-14(17)10-7-11-15(19)18(16)4-2/h5-6,8-9,14,16H,3-4,7,10-11,17H2,1-2H3. The molecular formula is C16H24N2O. The first-order chi connectivity index (χ1) is 9.19. The molecule has 2 unspecified atom stereocenters. The average Bonchev–Trinajstić information content (AvgIpc) is 2.57. The van der Waals surface area contributed by atoms with E-state index in [0.717, 1.165) is 25.8 Å². The highest BCUT2D eigenvalue weighted by Gasteiger charge is 2.32. The van der Waals surface area contributed by atoms with E-state index in [1.807, 2.05) is 17.9 Å². The minimum Gasteiger partial charge on any atom is -0.334 e. The topological polar surface area (TPSA) is 46.3 Å². The van der Waals surface area contributed by atoms with Crippen LogP contribution < -0.4 is 5.73 Å². The summed E-state index contributed by atoms with van der Waals surface area (Å²) >= 11 is 0. The number of rotatable bonds is 3. The summed E-state index contributed by atoms with van der Waals surface area (Å²) in [6.07, 6.45) is 3.43. The molecule has 0 spiro atoms. The lowest BCUT2D eigenvalue weighted by Gasteiger charge is -2.34. The Morgan fingerprint density at radius 2 is 2.05 bits per heavy atom. The Labute approximate surface area is 115 Å². The largest absolute Gasteiger partial charge is 0.334 e. The van der Waals surface area contributed by atoms with Gasteiger partial charge in [0.25, 0.3) is 0 Å². The Morgan fingerprint density at radius 3 is 2.74 bits per heavy atom. The van der Waals surface area contributed by atoms with Gasteiger partial charge in [0.15, 0.2) is 0 Å². The van der Waals surface area contributed by atoms with Gasteiger partial charge in [0.2, 0.25) is 5.91 Å². The second kappa shape index (κ2) is 6.20. The van der Waals surface area contributed by atoms with Gasteiger partial charge in [-0.25, -0.2) is 0 Å². The third-order valence-corrected chi connectivity index (χ3v) is 4.09. The van der Waals surface area contributed by atoms with Gasteiger partial charge in [0.05, 0.1) is 6.04 Å². The van der Waals surface area contributed by atoms with E-state index in [0.29, 0.717) is 6.42 Å². The predicted molar refractivity (Wildman–Crippen MR) is 77.8 cm³/mol. The van der Waals surface area contributed by atoms with Crippen molar-refractivity contribution in [1.29, 1.82) is 0 Å². The Morgan fingerprint density at radius 1 is 1.32 bits per heavy atom. The van der Waals surface area contributed by atoms with E-state index in [2.05, 4.69) is 25.1 Å². The summed E-state index contributed by atoms with van der Waals surface area (Å²) in [7, 11) is 0. The molecule has 1 aliphatic heterocycles. The zero-order valence-corrected chi connectivity index (χ0v) is 11.9. The second-order valence-electron chi connectivity index (χ2n) is 5.23. The first kappa shape index (κ1) is 14.1. The lowest BCUT2D eigenvalue weighted by atomic mass is 9.91. The maximum absolute atomic E-state index is 12.2. The molecule has 1 aromatic carbocycles. The Kier molecular flexibility index (Phi) is 4.59. The van der Waals surface area contributed by atoms with Crippen LogP contribution in [0.3, 0.4) is 0 Å². The van der Waals surface area contributed by atoms with Gasteiger partial charge in [-0.15, -0.1) is 0 Å². The molecule has 2 N–H and O–H groups in total. The number of nitrogens with zero attached hydrogens (tertiary/aromatic N) is 1. The number of amides is 1. The fourth-order valence-corrected chi connectivity index (χ4v) is 3.09. The van der Waals surface area contributed by atoms with E-state index in [1.54, 1.807) is 0 Å². The molecule has 0 aromatic heterocycles. The molecule has 0 bridgehead atoms. The third-order valence-electron chi connectivity index (χ3n) is 4.09.